The lowest BCUT2D eigenvalue weighted by atomic mass is 10.0. The molecule has 3 rings (SSSR count). The summed E-state index contributed by atoms with van der Waals surface area (Å²) in [6.07, 6.45) is -0.376. The van der Waals surface area contributed by atoms with Gasteiger partial charge < -0.3 is 28.5 Å². The largest absolute Gasteiger partial charge is 0.507 e. The molecule has 34 heavy (non-hydrogen) atoms. The summed E-state index contributed by atoms with van der Waals surface area (Å²) in [4.78, 5) is 35.9. The van der Waals surface area contributed by atoms with Crippen molar-refractivity contribution >= 4 is 22.9 Å². The van der Waals surface area contributed by atoms with Crippen LogP contribution in [0.5, 0.6) is 28.7 Å². The third-order valence-electron chi connectivity index (χ3n) is 4.38. The van der Waals surface area contributed by atoms with Gasteiger partial charge in [-0.3, -0.25) is 9.59 Å². The fourth-order valence-electron chi connectivity index (χ4n) is 3.27. The minimum atomic E-state index is -0.774. The Kier molecular flexibility index (Phi) is 7.14. The highest BCUT2D eigenvalue weighted by Gasteiger charge is 2.21. The molecule has 0 aliphatic carbocycles. The quantitative estimate of drug-likeness (QED) is 0.300. The molecule has 0 aliphatic rings. The summed E-state index contributed by atoms with van der Waals surface area (Å²) in [7, 11) is 0. The highest BCUT2D eigenvalue weighted by Crippen LogP contribution is 2.41. The second-order valence-corrected chi connectivity index (χ2v) is 8.12. The van der Waals surface area contributed by atoms with E-state index in [0.29, 0.717) is 11.5 Å². The molecule has 1 aromatic heterocycles. The maximum atomic E-state index is 12.9. The number of carbonyl (C=O) groups excluding carboxylic acids is 2. The highest BCUT2D eigenvalue weighted by molar-refractivity contribution is 5.91. The fraction of sp³-hybridized carbons (Fsp3) is 0.320. The second kappa shape index (κ2) is 9.86. The van der Waals surface area contributed by atoms with E-state index in [2.05, 4.69) is 0 Å². The molecule has 9 heteroatoms. The predicted molar refractivity (Wildman–Crippen MR) is 124 cm³/mol. The third kappa shape index (κ3) is 5.67. The van der Waals surface area contributed by atoms with Crippen LogP contribution in [0.3, 0.4) is 0 Å². The van der Waals surface area contributed by atoms with Crippen LogP contribution in [0, 0.1) is 0 Å². The smallest absolute Gasteiger partial charge is 0.344 e. The normalized spacial score (nSPS) is 11.1. The van der Waals surface area contributed by atoms with E-state index in [1.54, 1.807) is 0 Å². The molecule has 0 bridgehead atoms. The first-order valence-corrected chi connectivity index (χ1v) is 10.6. The molecule has 0 saturated heterocycles. The van der Waals surface area contributed by atoms with Crippen molar-refractivity contribution in [3.8, 4) is 39.9 Å². The van der Waals surface area contributed by atoms with Crippen LogP contribution in [-0.4, -0.2) is 29.3 Å². The lowest BCUT2D eigenvalue weighted by molar-refractivity contribution is -0.132. The molecule has 2 aromatic carbocycles. The Bertz CT molecular complexity index is 1300. The number of fused-ring (bicyclic) bond motifs is 1. The van der Waals surface area contributed by atoms with Crippen molar-refractivity contribution in [1.82, 2.24) is 0 Å². The van der Waals surface area contributed by atoms with E-state index >= 15 is 0 Å². The van der Waals surface area contributed by atoms with Gasteiger partial charge in [0.1, 0.15) is 22.8 Å². The molecule has 3 aromatic rings. The van der Waals surface area contributed by atoms with Crippen LogP contribution in [0.4, 0.5) is 0 Å². The van der Waals surface area contributed by atoms with E-state index in [-0.39, 0.29) is 51.6 Å². The SMILES string of the molecule is CC(=O)Oc1cc(OC(C)=O)c2cc(-c3cc(OC(C)C)c(OC(C)C)cc3O)c(=O)oc2c1. The molecule has 0 spiro atoms. The molecule has 0 aliphatic heterocycles. The van der Waals surface area contributed by atoms with Gasteiger partial charge in [-0.1, -0.05) is 0 Å². The van der Waals surface area contributed by atoms with Gasteiger partial charge in [0, 0.05) is 37.6 Å². The van der Waals surface area contributed by atoms with Crippen LogP contribution in [0.1, 0.15) is 41.5 Å². The van der Waals surface area contributed by atoms with Crippen molar-refractivity contribution in [3.05, 3.63) is 40.8 Å². The number of phenolic OH excluding ortho intramolecular Hbond substituents is 1. The van der Waals surface area contributed by atoms with Gasteiger partial charge in [0.2, 0.25) is 0 Å². The second-order valence-electron chi connectivity index (χ2n) is 8.12. The zero-order chi connectivity index (χ0) is 25.2. The summed E-state index contributed by atoms with van der Waals surface area (Å²) in [6, 6.07) is 6.95. The van der Waals surface area contributed by atoms with Crippen molar-refractivity contribution in [2.24, 2.45) is 0 Å². The zero-order valence-corrected chi connectivity index (χ0v) is 19.8. The lowest BCUT2D eigenvalue weighted by Crippen LogP contribution is -2.11. The maximum Gasteiger partial charge on any atom is 0.344 e. The predicted octanol–water partition coefficient (Wildman–Crippen LogP) is 4.59. The van der Waals surface area contributed by atoms with Crippen LogP contribution in [0.15, 0.2) is 39.5 Å². The Balaban J connectivity index is 2.24. The van der Waals surface area contributed by atoms with Gasteiger partial charge >= 0.3 is 17.6 Å². The maximum absolute atomic E-state index is 12.9. The molecule has 1 heterocycles. The van der Waals surface area contributed by atoms with E-state index in [1.807, 2.05) is 27.7 Å². The van der Waals surface area contributed by atoms with Crippen molar-refractivity contribution in [1.29, 1.82) is 0 Å². The molecule has 1 N–H and O–H groups in total. The van der Waals surface area contributed by atoms with Gasteiger partial charge in [-0.25, -0.2) is 4.79 Å². The van der Waals surface area contributed by atoms with Crippen LogP contribution in [0.2, 0.25) is 0 Å². The molecule has 0 radical (unpaired) electrons. The standard InChI is InChI=1S/C25H26O9/c1-12(2)30-23-10-17(20(28)11-24(23)31-13(3)4)18-9-19-21(33-15(6)27)7-16(32-14(5)26)8-22(19)34-25(18)29/h7-13,28H,1-6H3. The minimum Gasteiger partial charge on any atom is -0.507 e. The molecule has 0 unspecified atom stereocenters. The molecule has 9 nitrogen and oxygen atoms in total. The number of benzene rings is 2. The average molecular weight is 470 g/mol. The number of carbonyl (C=O) groups is 2. The summed E-state index contributed by atoms with van der Waals surface area (Å²) in [5, 5.41) is 11.0. The average Bonchev–Trinajstić information content (AvgIpc) is 2.68. The van der Waals surface area contributed by atoms with E-state index in [9.17, 15) is 19.5 Å². The highest BCUT2D eigenvalue weighted by atomic mass is 16.5. The summed E-state index contributed by atoms with van der Waals surface area (Å²) in [6.45, 7) is 9.76. The molecule has 0 fully saturated rings. The summed E-state index contributed by atoms with van der Waals surface area (Å²) in [5.74, 6) is -0.743. The van der Waals surface area contributed by atoms with Gasteiger partial charge in [0.25, 0.3) is 0 Å². The first kappa shape index (κ1) is 24.6. The van der Waals surface area contributed by atoms with Crippen molar-refractivity contribution in [2.45, 2.75) is 53.8 Å². The fourth-order valence-corrected chi connectivity index (χ4v) is 3.27. The van der Waals surface area contributed by atoms with E-state index in [4.69, 9.17) is 23.4 Å². The first-order valence-electron chi connectivity index (χ1n) is 10.6. The number of rotatable bonds is 7. The summed E-state index contributed by atoms with van der Waals surface area (Å²) < 4.78 is 27.3. The molecule has 0 atom stereocenters. The van der Waals surface area contributed by atoms with Gasteiger partial charge in [0.05, 0.1) is 23.2 Å². The first-order chi connectivity index (χ1) is 15.9. The van der Waals surface area contributed by atoms with Gasteiger partial charge in [-0.05, 0) is 39.8 Å². The number of esters is 2. The monoisotopic (exact) mass is 470 g/mol. The van der Waals surface area contributed by atoms with Gasteiger partial charge in [-0.15, -0.1) is 0 Å². The molecular formula is C25H26O9. The lowest BCUT2D eigenvalue weighted by Gasteiger charge is -2.19. The van der Waals surface area contributed by atoms with E-state index in [1.165, 1.54) is 44.2 Å². The Morgan fingerprint density at radius 1 is 0.794 bits per heavy atom. The van der Waals surface area contributed by atoms with Crippen molar-refractivity contribution < 1.29 is 38.1 Å². The molecule has 0 amide bonds. The summed E-state index contributed by atoms with van der Waals surface area (Å²) in [5.41, 5.74) is -0.602. The van der Waals surface area contributed by atoms with Crippen LogP contribution in [-0.2, 0) is 9.59 Å². The van der Waals surface area contributed by atoms with Crippen molar-refractivity contribution in [2.75, 3.05) is 0 Å². The molecule has 180 valence electrons. The van der Waals surface area contributed by atoms with Gasteiger partial charge in [0.15, 0.2) is 11.5 Å². The Hall–Kier alpha value is -4.01. The number of phenols is 1. The number of ether oxygens (including phenoxy) is 4. The minimum absolute atomic E-state index is 0.00309. The Morgan fingerprint density at radius 3 is 1.94 bits per heavy atom. The summed E-state index contributed by atoms with van der Waals surface area (Å²) >= 11 is 0. The van der Waals surface area contributed by atoms with Gasteiger partial charge in [-0.2, -0.15) is 0 Å². The topological polar surface area (TPSA) is 122 Å². The van der Waals surface area contributed by atoms with Crippen LogP contribution in [0.25, 0.3) is 22.1 Å². The van der Waals surface area contributed by atoms with Crippen LogP contribution >= 0.6 is 0 Å². The molecule has 0 saturated carbocycles. The van der Waals surface area contributed by atoms with E-state index < -0.39 is 17.6 Å². The Labute approximate surface area is 195 Å². The van der Waals surface area contributed by atoms with Crippen LogP contribution < -0.4 is 24.6 Å². The van der Waals surface area contributed by atoms with E-state index in [0.717, 1.165) is 0 Å². The molecular weight excluding hydrogens is 444 g/mol. The zero-order valence-electron chi connectivity index (χ0n) is 19.8. The Morgan fingerprint density at radius 2 is 1.38 bits per heavy atom. The number of aromatic hydroxyl groups is 1. The third-order valence-corrected chi connectivity index (χ3v) is 4.38. The van der Waals surface area contributed by atoms with Crippen molar-refractivity contribution in [3.63, 3.8) is 0 Å². The number of hydrogen-bond donors (Lipinski definition) is 1. The number of hydrogen-bond acceptors (Lipinski definition) is 9.